The zero-order chi connectivity index (χ0) is 17.0. The van der Waals surface area contributed by atoms with E-state index in [9.17, 15) is 19.3 Å². The highest BCUT2D eigenvalue weighted by atomic mass is 19.1. The Labute approximate surface area is 132 Å². The Morgan fingerprint density at radius 3 is 2.70 bits per heavy atom. The molecule has 0 spiro atoms. The van der Waals surface area contributed by atoms with Gasteiger partial charge in [-0.25, -0.2) is 4.39 Å². The molecular weight excluding hydrogens is 303 g/mol. The van der Waals surface area contributed by atoms with E-state index in [4.69, 9.17) is 4.74 Å². The highest BCUT2D eigenvalue weighted by Gasteiger charge is 2.21. The summed E-state index contributed by atoms with van der Waals surface area (Å²) in [5.41, 5.74) is 0.778. The van der Waals surface area contributed by atoms with Crippen LogP contribution < -0.4 is 10.1 Å². The van der Waals surface area contributed by atoms with Crippen molar-refractivity contribution in [2.45, 2.75) is 20.0 Å². The van der Waals surface area contributed by atoms with Gasteiger partial charge in [0.25, 0.3) is 5.91 Å². The Balaban J connectivity index is 2.11. The van der Waals surface area contributed by atoms with Gasteiger partial charge < -0.3 is 10.1 Å². The van der Waals surface area contributed by atoms with E-state index in [2.05, 4.69) is 5.32 Å². The number of amides is 1. The molecule has 0 heterocycles. The summed E-state index contributed by atoms with van der Waals surface area (Å²) in [5.74, 6) is -1.02. The van der Waals surface area contributed by atoms with Crippen molar-refractivity contribution in [3.8, 4) is 5.75 Å². The number of anilines is 1. The molecule has 1 N–H and O–H groups in total. The molecule has 0 bridgehead atoms. The topological polar surface area (TPSA) is 81.5 Å². The molecule has 0 radical (unpaired) electrons. The van der Waals surface area contributed by atoms with Crippen molar-refractivity contribution in [3.05, 3.63) is 64.0 Å². The van der Waals surface area contributed by atoms with Crippen LogP contribution in [0.4, 0.5) is 15.8 Å². The Hall–Kier alpha value is -2.96. The summed E-state index contributed by atoms with van der Waals surface area (Å²) >= 11 is 0. The number of benzene rings is 2. The van der Waals surface area contributed by atoms with E-state index in [1.165, 1.54) is 43.3 Å². The number of hydrogen-bond donors (Lipinski definition) is 1. The van der Waals surface area contributed by atoms with Crippen molar-refractivity contribution in [2.75, 3.05) is 5.32 Å². The molecule has 2 rings (SSSR count). The van der Waals surface area contributed by atoms with Crippen LogP contribution in [0.1, 0.15) is 12.5 Å². The van der Waals surface area contributed by atoms with Crippen LogP contribution in [0.3, 0.4) is 0 Å². The highest BCUT2D eigenvalue weighted by molar-refractivity contribution is 5.94. The van der Waals surface area contributed by atoms with Crippen LogP contribution in [0.15, 0.2) is 42.5 Å². The lowest BCUT2D eigenvalue weighted by atomic mass is 10.2. The number of aryl methyl sites for hydroxylation is 1. The van der Waals surface area contributed by atoms with E-state index in [1.54, 1.807) is 13.0 Å². The minimum Gasteiger partial charge on any atom is -0.474 e. The van der Waals surface area contributed by atoms with Crippen LogP contribution in [-0.4, -0.2) is 16.9 Å². The first-order chi connectivity index (χ1) is 10.9. The number of ether oxygens (including phenoxy) is 1. The average molecular weight is 318 g/mol. The fourth-order valence-electron chi connectivity index (χ4n) is 1.92. The number of rotatable bonds is 5. The first-order valence-electron chi connectivity index (χ1n) is 6.85. The van der Waals surface area contributed by atoms with E-state index in [0.29, 0.717) is 5.56 Å². The van der Waals surface area contributed by atoms with Crippen molar-refractivity contribution >= 4 is 17.3 Å². The van der Waals surface area contributed by atoms with Crippen molar-refractivity contribution in [2.24, 2.45) is 0 Å². The average Bonchev–Trinajstić information content (AvgIpc) is 2.48. The molecule has 0 aromatic heterocycles. The summed E-state index contributed by atoms with van der Waals surface area (Å²) in [6.07, 6.45) is -0.986. The molecule has 2 aromatic rings. The second-order valence-corrected chi connectivity index (χ2v) is 4.99. The SMILES string of the molecule is Cc1ccc(OC(C)C(=O)Nc2cccc(F)c2)c([N+](=O)[O-])c1. The number of carbonyl (C=O) groups excluding carboxylic acids is 1. The van der Waals surface area contributed by atoms with E-state index < -0.39 is 22.8 Å². The Kier molecular flexibility index (Phi) is 4.90. The van der Waals surface area contributed by atoms with E-state index in [0.717, 1.165) is 0 Å². The van der Waals surface area contributed by atoms with E-state index in [-0.39, 0.29) is 17.1 Å². The molecule has 1 amide bonds. The lowest BCUT2D eigenvalue weighted by Gasteiger charge is -2.15. The molecule has 1 atom stereocenters. The second kappa shape index (κ2) is 6.87. The minimum atomic E-state index is -0.986. The van der Waals surface area contributed by atoms with Crippen molar-refractivity contribution in [1.29, 1.82) is 0 Å². The van der Waals surface area contributed by atoms with Gasteiger partial charge in [-0.05, 0) is 43.7 Å². The fraction of sp³-hybridized carbons (Fsp3) is 0.188. The number of nitrogens with one attached hydrogen (secondary N) is 1. The summed E-state index contributed by atoms with van der Waals surface area (Å²) in [6.45, 7) is 3.18. The van der Waals surface area contributed by atoms with Crippen LogP contribution in [0.2, 0.25) is 0 Å². The lowest BCUT2D eigenvalue weighted by molar-refractivity contribution is -0.386. The molecule has 1 unspecified atom stereocenters. The number of halogens is 1. The normalized spacial score (nSPS) is 11.6. The number of nitro benzene ring substituents is 1. The third kappa shape index (κ3) is 4.26. The summed E-state index contributed by atoms with van der Waals surface area (Å²) < 4.78 is 18.5. The molecule has 0 aliphatic heterocycles. The molecule has 0 saturated heterocycles. The summed E-state index contributed by atoms with van der Waals surface area (Å²) in [5, 5.41) is 13.5. The smallest absolute Gasteiger partial charge is 0.311 e. The van der Waals surface area contributed by atoms with E-state index >= 15 is 0 Å². The molecule has 6 nitrogen and oxygen atoms in total. The molecule has 0 saturated carbocycles. The summed E-state index contributed by atoms with van der Waals surface area (Å²) in [4.78, 5) is 22.5. The van der Waals surface area contributed by atoms with Gasteiger partial charge in [0.05, 0.1) is 4.92 Å². The monoisotopic (exact) mass is 318 g/mol. The first-order valence-corrected chi connectivity index (χ1v) is 6.85. The Bertz CT molecular complexity index is 749. The van der Waals surface area contributed by atoms with Crippen LogP contribution in [0.25, 0.3) is 0 Å². The molecule has 120 valence electrons. The molecule has 0 aliphatic carbocycles. The second-order valence-electron chi connectivity index (χ2n) is 4.99. The maximum Gasteiger partial charge on any atom is 0.311 e. The van der Waals surface area contributed by atoms with Crippen LogP contribution in [0.5, 0.6) is 5.75 Å². The molecular formula is C16H15FN2O4. The molecule has 0 fully saturated rings. The fourth-order valence-corrected chi connectivity index (χ4v) is 1.92. The minimum absolute atomic E-state index is 0.00231. The van der Waals surface area contributed by atoms with Gasteiger partial charge in [-0.15, -0.1) is 0 Å². The van der Waals surface area contributed by atoms with Gasteiger partial charge in [-0.1, -0.05) is 12.1 Å². The number of carbonyl (C=O) groups is 1. The van der Waals surface area contributed by atoms with Crippen molar-refractivity contribution < 1.29 is 18.8 Å². The van der Waals surface area contributed by atoms with Gasteiger partial charge in [-0.2, -0.15) is 0 Å². The van der Waals surface area contributed by atoms with Crippen molar-refractivity contribution in [3.63, 3.8) is 0 Å². The summed E-state index contributed by atoms with van der Waals surface area (Å²) in [7, 11) is 0. The van der Waals surface area contributed by atoms with Gasteiger partial charge >= 0.3 is 5.69 Å². The van der Waals surface area contributed by atoms with E-state index in [1.807, 2.05) is 0 Å². The number of hydrogen-bond acceptors (Lipinski definition) is 4. The quantitative estimate of drug-likeness (QED) is 0.676. The standard InChI is InChI=1S/C16H15FN2O4/c1-10-6-7-15(14(8-10)19(21)22)23-11(2)16(20)18-13-5-3-4-12(17)9-13/h3-9,11H,1-2H3,(H,18,20). The zero-order valence-electron chi connectivity index (χ0n) is 12.6. The van der Waals surface area contributed by atoms with Gasteiger partial charge in [0, 0.05) is 11.8 Å². The third-order valence-corrected chi connectivity index (χ3v) is 3.08. The lowest BCUT2D eigenvalue weighted by Crippen LogP contribution is -2.30. The maximum absolute atomic E-state index is 13.1. The number of nitrogens with zero attached hydrogens (tertiary/aromatic N) is 1. The Morgan fingerprint density at radius 2 is 2.04 bits per heavy atom. The molecule has 23 heavy (non-hydrogen) atoms. The van der Waals surface area contributed by atoms with Crippen LogP contribution >= 0.6 is 0 Å². The maximum atomic E-state index is 13.1. The molecule has 7 heteroatoms. The predicted molar refractivity (Wildman–Crippen MR) is 83.0 cm³/mol. The van der Waals surface area contributed by atoms with Gasteiger partial charge in [-0.3, -0.25) is 14.9 Å². The Morgan fingerprint density at radius 1 is 1.30 bits per heavy atom. The predicted octanol–water partition coefficient (Wildman–Crippen LogP) is 3.45. The van der Waals surface area contributed by atoms with Crippen LogP contribution in [0, 0.1) is 22.9 Å². The van der Waals surface area contributed by atoms with Gasteiger partial charge in [0.15, 0.2) is 11.9 Å². The van der Waals surface area contributed by atoms with Gasteiger partial charge in [0.1, 0.15) is 5.82 Å². The first kappa shape index (κ1) is 16.4. The summed E-state index contributed by atoms with van der Waals surface area (Å²) in [6, 6.07) is 9.87. The molecule has 2 aromatic carbocycles. The van der Waals surface area contributed by atoms with Gasteiger partial charge in [0.2, 0.25) is 0 Å². The van der Waals surface area contributed by atoms with Crippen LogP contribution in [-0.2, 0) is 4.79 Å². The number of nitro groups is 1. The highest BCUT2D eigenvalue weighted by Crippen LogP contribution is 2.28. The largest absolute Gasteiger partial charge is 0.474 e. The zero-order valence-corrected chi connectivity index (χ0v) is 12.6. The third-order valence-electron chi connectivity index (χ3n) is 3.08. The molecule has 0 aliphatic rings. The van der Waals surface area contributed by atoms with Crippen molar-refractivity contribution in [1.82, 2.24) is 0 Å².